The number of esters is 2. The quantitative estimate of drug-likeness (QED) is 0.216. The van der Waals surface area contributed by atoms with E-state index in [9.17, 15) is 9.59 Å². The minimum absolute atomic E-state index is 0.216. The summed E-state index contributed by atoms with van der Waals surface area (Å²) in [6.07, 6.45) is 3.68. The molecule has 2 atom stereocenters. The van der Waals surface area contributed by atoms with Gasteiger partial charge in [0.25, 0.3) is 0 Å². The van der Waals surface area contributed by atoms with Crippen LogP contribution >= 0.6 is 23.2 Å². The molecule has 0 aliphatic carbocycles. The minimum atomic E-state index is -0.932. The molecule has 2 unspecified atom stereocenters. The number of hydrogen-bond acceptors (Lipinski definition) is 6. The van der Waals surface area contributed by atoms with Gasteiger partial charge in [0.15, 0.2) is 12.5 Å². The average molecular weight is 501 g/mol. The van der Waals surface area contributed by atoms with Crippen molar-refractivity contribution in [2.45, 2.75) is 25.5 Å². The summed E-state index contributed by atoms with van der Waals surface area (Å²) < 4.78 is 13.9. The van der Waals surface area contributed by atoms with Crippen molar-refractivity contribution >= 4 is 56.9 Å². The van der Waals surface area contributed by atoms with Crippen molar-refractivity contribution in [3.05, 3.63) is 83.1 Å². The van der Waals surface area contributed by atoms with Gasteiger partial charge in [-0.25, -0.2) is 9.59 Å². The van der Waals surface area contributed by atoms with E-state index in [1.54, 1.807) is 24.3 Å². The Kier molecular flexibility index (Phi) is 7.23. The lowest BCUT2D eigenvalue weighted by Crippen LogP contribution is -2.32. The molecule has 0 amide bonds. The third kappa shape index (κ3) is 5.78. The van der Waals surface area contributed by atoms with Gasteiger partial charge >= 0.3 is 11.9 Å². The van der Waals surface area contributed by atoms with Crippen LogP contribution in [0.25, 0.3) is 21.8 Å². The van der Waals surface area contributed by atoms with Gasteiger partial charge in [0, 0.05) is 45.6 Å². The molecule has 0 aliphatic rings. The fourth-order valence-corrected chi connectivity index (χ4v) is 3.94. The zero-order valence-electron chi connectivity index (χ0n) is 17.9. The predicted molar refractivity (Wildman–Crippen MR) is 131 cm³/mol. The first-order chi connectivity index (χ1) is 16.3. The highest BCUT2D eigenvalue weighted by Gasteiger charge is 2.13. The van der Waals surface area contributed by atoms with Crippen LogP contribution in [-0.2, 0) is 32.2 Å². The number of carbonyl (C=O) groups excluding carboxylic acids is 2. The number of halogens is 2. The largest absolute Gasteiger partial charge is 0.442 e. The molecule has 4 N–H and O–H groups in total. The van der Waals surface area contributed by atoms with Gasteiger partial charge in [-0.05, 0) is 47.2 Å². The van der Waals surface area contributed by atoms with Crippen LogP contribution < -0.4 is 11.5 Å². The summed E-state index contributed by atoms with van der Waals surface area (Å²) in [7, 11) is 0. The minimum Gasteiger partial charge on any atom is -0.442 e. The van der Waals surface area contributed by atoms with Crippen LogP contribution in [0, 0.1) is 0 Å². The third-order valence-corrected chi connectivity index (χ3v) is 5.59. The first-order valence-electron chi connectivity index (χ1n) is 10.4. The summed E-state index contributed by atoms with van der Waals surface area (Å²) in [6.45, 7) is 0.432. The Hall–Kier alpha value is -3.30. The standard InChI is InChI=1S/C24H22Cl2N4O4/c25-17-3-1-15-7-9-29(19(15)11-17)13-21(27)33-23(31)5-6-24(32)34-22(28)14-30-10-8-16-2-4-18(26)12-20(16)30/h1-12,21-22H,13-14,27-28H2/b6-5+. The Morgan fingerprint density at radius 2 is 1.18 bits per heavy atom. The van der Waals surface area contributed by atoms with Crippen LogP contribution in [0.4, 0.5) is 0 Å². The Bertz CT molecular complexity index is 1270. The van der Waals surface area contributed by atoms with Crippen molar-refractivity contribution in [2.75, 3.05) is 0 Å². The highest BCUT2D eigenvalue weighted by atomic mass is 35.5. The van der Waals surface area contributed by atoms with E-state index >= 15 is 0 Å². The molecule has 2 aromatic heterocycles. The number of nitrogens with two attached hydrogens (primary N) is 2. The number of ether oxygens (including phenoxy) is 2. The van der Waals surface area contributed by atoms with Crippen LogP contribution in [0.2, 0.25) is 10.0 Å². The maximum atomic E-state index is 12.0. The van der Waals surface area contributed by atoms with Crippen molar-refractivity contribution in [1.82, 2.24) is 9.13 Å². The molecule has 2 aromatic carbocycles. The molecule has 176 valence electrons. The van der Waals surface area contributed by atoms with Crippen LogP contribution in [-0.4, -0.2) is 33.5 Å². The van der Waals surface area contributed by atoms with Gasteiger partial charge in [-0.3, -0.25) is 11.5 Å². The molecule has 0 saturated carbocycles. The van der Waals surface area contributed by atoms with E-state index in [1.807, 2.05) is 45.8 Å². The number of nitrogens with zero attached hydrogens (tertiary/aromatic N) is 2. The molecular formula is C24H22Cl2N4O4. The van der Waals surface area contributed by atoms with Gasteiger partial charge in [0.05, 0.1) is 13.1 Å². The van der Waals surface area contributed by atoms with Crippen LogP contribution in [0.5, 0.6) is 0 Å². The SMILES string of the molecule is NC(Cn1ccc2ccc(Cl)cc21)OC(=O)/C=C/C(=O)OC(N)Cn1ccc2ccc(Cl)cc21. The number of carbonyl (C=O) groups is 2. The molecular weight excluding hydrogens is 479 g/mol. The van der Waals surface area contributed by atoms with E-state index in [4.69, 9.17) is 44.1 Å². The average Bonchev–Trinajstić information content (AvgIpc) is 3.35. The summed E-state index contributed by atoms with van der Waals surface area (Å²) in [5.41, 5.74) is 13.6. The number of hydrogen-bond donors (Lipinski definition) is 2. The maximum absolute atomic E-state index is 12.0. The smallest absolute Gasteiger partial charge is 0.332 e. The second-order valence-corrected chi connectivity index (χ2v) is 8.50. The monoisotopic (exact) mass is 500 g/mol. The molecule has 4 aromatic rings. The fourth-order valence-electron chi connectivity index (χ4n) is 3.61. The normalized spacial score (nSPS) is 13.4. The van der Waals surface area contributed by atoms with E-state index in [2.05, 4.69) is 0 Å². The van der Waals surface area contributed by atoms with Gasteiger partial charge in [-0.15, -0.1) is 0 Å². The zero-order valence-corrected chi connectivity index (χ0v) is 19.4. The first-order valence-corrected chi connectivity index (χ1v) is 11.1. The highest BCUT2D eigenvalue weighted by molar-refractivity contribution is 6.31. The molecule has 2 heterocycles. The van der Waals surface area contributed by atoms with Crippen LogP contribution in [0.15, 0.2) is 73.1 Å². The van der Waals surface area contributed by atoms with Gasteiger partial charge in [-0.2, -0.15) is 0 Å². The summed E-state index contributed by atoms with van der Waals surface area (Å²) in [5.74, 6) is -1.56. The maximum Gasteiger partial charge on any atom is 0.332 e. The summed E-state index contributed by atoms with van der Waals surface area (Å²) >= 11 is 12.1. The molecule has 0 saturated heterocycles. The molecule has 8 nitrogen and oxygen atoms in total. The van der Waals surface area contributed by atoms with Crippen molar-refractivity contribution in [2.24, 2.45) is 11.5 Å². The Morgan fingerprint density at radius 3 is 1.59 bits per heavy atom. The number of fused-ring (bicyclic) bond motifs is 2. The van der Waals surface area contributed by atoms with E-state index in [0.717, 1.165) is 34.0 Å². The summed E-state index contributed by atoms with van der Waals surface area (Å²) in [4.78, 5) is 24.1. The lowest BCUT2D eigenvalue weighted by atomic mass is 10.2. The zero-order chi connectivity index (χ0) is 24.2. The van der Waals surface area contributed by atoms with Crippen LogP contribution in [0.3, 0.4) is 0 Å². The second kappa shape index (κ2) is 10.3. The second-order valence-electron chi connectivity index (χ2n) is 7.63. The van der Waals surface area contributed by atoms with Gasteiger partial charge in [-0.1, -0.05) is 35.3 Å². The highest BCUT2D eigenvalue weighted by Crippen LogP contribution is 2.22. The molecule has 0 fully saturated rings. The number of aromatic nitrogens is 2. The van der Waals surface area contributed by atoms with E-state index < -0.39 is 24.4 Å². The Morgan fingerprint density at radius 1 is 0.765 bits per heavy atom. The van der Waals surface area contributed by atoms with Crippen molar-refractivity contribution in [3.8, 4) is 0 Å². The van der Waals surface area contributed by atoms with Crippen molar-refractivity contribution < 1.29 is 19.1 Å². The predicted octanol–water partition coefficient (Wildman–Crippen LogP) is 3.82. The first kappa shape index (κ1) is 23.8. The Labute approximate surface area is 205 Å². The lowest BCUT2D eigenvalue weighted by Gasteiger charge is -2.14. The molecule has 34 heavy (non-hydrogen) atoms. The van der Waals surface area contributed by atoms with Gasteiger partial charge in [0.1, 0.15) is 0 Å². The molecule has 4 rings (SSSR count). The number of benzene rings is 2. The molecule has 0 bridgehead atoms. The third-order valence-electron chi connectivity index (χ3n) is 5.12. The van der Waals surface area contributed by atoms with Crippen LogP contribution in [0.1, 0.15) is 0 Å². The molecule has 10 heteroatoms. The van der Waals surface area contributed by atoms with Crippen molar-refractivity contribution in [3.63, 3.8) is 0 Å². The van der Waals surface area contributed by atoms with Gasteiger partial charge in [0.2, 0.25) is 0 Å². The van der Waals surface area contributed by atoms with E-state index in [1.165, 1.54) is 0 Å². The number of rotatable bonds is 8. The molecule has 0 spiro atoms. The topological polar surface area (TPSA) is 114 Å². The Balaban J connectivity index is 1.27. The van der Waals surface area contributed by atoms with E-state index in [-0.39, 0.29) is 13.1 Å². The molecule has 0 radical (unpaired) electrons. The van der Waals surface area contributed by atoms with Crippen molar-refractivity contribution in [1.29, 1.82) is 0 Å². The summed E-state index contributed by atoms with van der Waals surface area (Å²) in [6, 6.07) is 14.8. The lowest BCUT2D eigenvalue weighted by molar-refractivity contribution is -0.146. The van der Waals surface area contributed by atoms with Gasteiger partial charge < -0.3 is 18.6 Å². The molecule has 0 aliphatic heterocycles. The summed E-state index contributed by atoms with van der Waals surface area (Å²) in [5, 5.41) is 3.15. The fraction of sp³-hybridized carbons (Fsp3) is 0.167. The van der Waals surface area contributed by atoms with E-state index in [0.29, 0.717) is 10.0 Å².